The highest BCUT2D eigenvalue weighted by Gasteiger charge is 2.04. The largest absolute Gasteiger partial charge is 0.384 e. The summed E-state index contributed by atoms with van der Waals surface area (Å²) in [5.74, 6) is 0.721. The van der Waals surface area contributed by atoms with Crippen molar-refractivity contribution >= 4 is 5.82 Å². The minimum atomic E-state index is 0.721. The number of nitrogens with two attached hydrogens (primary N) is 1. The molecule has 2 aromatic rings. The molecule has 84 valence electrons. The predicted octanol–water partition coefficient (Wildman–Crippen LogP) is 2.44. The predicted molar refractivity (Wildman–Crippen MR) is 66.4 cm³/mol. The van der Waals surface area contributed by atoms with Gasteiger partial charge in [0.1, 0.15) is 5.82 Å². The lowest BCUT2D eigenvalue weighted by Gasteiger charge is -2.08. The van der Waals surface area contributed by atoms with Crippen LogP contribution in [0.2, 0.25) is 0 Å². The van der Waals surface area contributed by atoms with Gasteiger partial charge in [-0.3, -0.25) is 0 Å². The van der Waals surface area contributed by atoms with E-state index in [0.29, 0.717) is 0 Å². The van der Waals surface area contributed by atoms with Crippen molar-refractivity contribution in [3.05, 3.63) is 46.6 Å². The number of nitrogens with zero attached hydrogens (tertiary/aromatic N) is 2. The van der Waals surface area contributed by atoms with Crippen LogP contribution in [-0.2, 0) is 6.54 Å². The molecule has 0 atom stereocenters. The Hall–Kier alpha value is -1.77. The van der Waals surface area contributed by atoms with E-state index in [1.54, 1.807) is 0 Å². The molecule has 1 aromatic heterocycles. The first-order chi connectivity index (χ1) is 7.56. The van der Waals surface area contributed by atoms with E-state index in [1.807, 2.05) is 17.7 Å². The van der Waals surface area contributed by atoms with Gasteiger partial charge in [0.2, 0.25) is 0 Å². The molecule has 1 heterocycles. The zero-order chi connectivity index (χ0) is 11.7. The van der Waals surface area contributed by atoms with Crippen LogP contribution in [0.1, 0.15) is 22.4 Å². The summed E-state index contributed by atoms with van der Waals surface area (Å²) in [4.78, 5) is 0. The summed E-state index contributed by atoms with van der Waals surface area (Å²) in [5.41, 5.74) is 10.7. The molecule has 0 saturated heterocycles. The molecule has 0 unspecified atom stereocenters. The molecule has 0 aliphatic rings. The van der Waals surface area contributed by atoms with Gasteiger partial charge < -0.3 is 5.73 Å². The Kier molecular flexibility index (Phi) is 2.69. The highest BCUT2D eigenvalue weighted by atomic mass is 15.3. The molecule has 0 bridgehead atoms. The molecule has 3 nitrogen and oxygen atoms in total. The van der Waals surface area contributed by atoms with Crippen molar-refractivity contribution in [3.63, 3.8) is 0 Å². The van der Waals surface area contributed by atoms with Gasteiger partial charge in [-0.05, 0) is 31.9 Å². The van der Waals surface area contributed by atoms with Gasteiger partial charge in [0, 0.05) is 6.07 Å². The zero-order valence-corrected chi connectivity index (χ0v) is 9.99. The van der Waals surface area contributed by atoms with Crippen molar-refractivity contribution < 1.29 is 0 Å². The SMILES string of the molecule is Cc1ccc(C)c(Cn2nc(C)cc2N)c1. The summed E-state index contributed by atoms with van der Waals surface area (Å²) in [6, 6.07) is 8.34. The molecule has 0 fully saturated rings. The molecular formula is C13H17N3. The van der Waals surface area contributed by atoms with E-state index in [4.69, 9.17) is 5.73 Å². The first-order valence-electron chi connectivity index (χ1n) is 5.42. The van der Waals surface area contributed by atoms with Crippen molar-refractivity contribution in [1.29, 1.82) is 0 Å². The molecule has 3 heteroatoms. The fraction of sp³-hybridized carbons (Fsp3) is 0.308. The maximum Gasteiger partial charge on any atom is 0.122 e. The highest BCUT2D eigenvalue weighted by molar-refractivity contribution is 5.34. The second kappa shape index (κ2) is 4.00. The highest BCUT2D eigenvalue weighted by Crippen LogP contribution is 2.14. The maximum atomic E-state index is 5.88. The van der Waals surface area contributed by atoms with Gasteiger partial charge in [-0.1, -0.05) is 23.8 Å². The Morgan fingerprint density at radius 2 is 1.94 bits per heavy atom. The topological polar surface area (TPSA) is 43.8 Å². The van der Waals surface area contributed by atoms with E-state index in [1.165, 1.54) is 16.7 Å². The summed E-state index contributed by atoms with van der Waals surface area (Å²) < 4.78 is 1.84. The van der Waals surface area contributed by atoms with Gasteiger partial charge in [-0.25, -0.2) is 4.68 Å². The molecule has 1 aromatic carbocycles. The third-order valence-electron chi connectivity index (χ3n) is 2.76. The van der Waals surface area contributed by atoms with E-state index in [2.05, 4.69) is 37.1 Å². The number of hydrogen-bond donors (Lipinski definition) is 1. The third-order valence-corrected chi connectivity index (χ3v) is 2.76. The number of rotatable bonds is 2. The standard InChI is InChI=1S/C13H17N3/c1-9-4-5-10(2)12(6-9)8-16-13(14)7-11(3)15-16/h4-7H,8,14H2,1-3H3. The van der Waals surface area contributed by atoms with Crippen LogP contribution in [0.15, 0.2) is 24.3 Å². The summed E-state index contributed by atoms with van der Waals surface area (Å²) in [6.07, 6.45) is 0. The monoisotopic (exact) mass is 215 g/mol. The van der Waals surface area contributed by atoms with Crippen LogP contribution in [0.25, 0.3) is 0 Å². The fourth-order valence-electron chi connectivity index (χ4n) is 1.82. The number of nitrogen functional groups attached to an aromatic ring is 1. The summed E-state index contributed by atoms with van der Waals surface area (Å²) in [7, 11) is 0. The van der Waals surface area contributed by atoms with Crippen LogP contribution < -0.4 is 5.73 Å². The van der Waals surface area contributed by atoms with Gasteiger partial charge in [-0.15, -0.1) is 0 Å². The molecule has 0 radical (unpaired) electrons. The minimum Gasteiger partial charge on any atom is -0.384 e. The Labute approximate surface area is 95.9 Å². The number of hydrogen-bond acceptors (Lipinski definition) is 2. The first kappa shape index (κ1) is 10.7. The minimum absolute atomic E-state index is 0.721. The molecule has 0 spiro atoms. The second-order valence-electron chi connectivity index (χ2n) is 4.30. The Bertz CT molecular complexity index is 512. The Morgan fingerprint density at radius 1 is 1.19 bits per heavy atom. The quantitative estimate of drug-likeness (QED) is 0.836. The number of aryl methyl sites for hydroxylation is 3. The molecule has 0 amide bonds. The smallest absolute Gasteiger partial charge is 0.122 e. The second-order valence-corrected chi connectivity index (χ2v) is 4.30. The van der Waals surface area contributed by atoms with Gasteiger partial charge in [-0.2, -0.15) is 5.10 Å². The van der Waals surface area contributed by atoms with Crippen molar-refractivity contribution in [2.75, 3.05) is 5.73 Å². The Balaban J connectivity index is 2.33. The van der Waals surface area contributed by atoms with Crippen molar-refractivity contribution in [2.45, 2.75) is 27.3 Å². The molecule has 0 saturated carbocycles. The fourth-order valence-corrected chi connectivity index (χ4v) is 1.82. The van der Waals surface area contributed by atoms with Crippen LogP contribution >= 0.6 is 0 Å². The van der Waals surface area contributed by atoms with E-state index in [-0.39, 0.29) is 0 Å². The molecule has 16 heavy (non-hydrogen) atoms. The number of anilines is 1. The number of benzene rings is 1. The average Bonchev–Trinajstić information content (AvgIpc) is 2.51. The van der Waals surface area contributed by atoms with Crippen molar-refractivity contribution in [1.82, 2.24) is 9.78 Å². The zero-order valence-electron chi connectivity index (χ0n) is 9.99. The van der Waals surface area contributed by atoms with Crippen LogP contribution in [-0.4, -0.2) is 9.78 Å². The van der Waals surface area contributed by atoms with Gasteiger partial charge in [0.05, 0.1) is 12.2 Å². The van der Waals surface area contributed by atoms with Crippen LogP contribution in [0.4, 0.5) is 5.82 Å². The van der Waals surface area contributed by atoms with Crippen LogP contribution in [0.5, 0.6) is 0 Å². The lowest BCUT2D eigenvalue weighted by molar-refractivity contribution is 0.686. The molecular weight excluding hydrogens is 198 g/mol. The van der Waals surface area contributed by atoms with E-state index in [0.717, 1.165) is 18.1 Å². The lowest BCUT2D eigenvalue weighted by Crippen LogP contribution is -2.07. The van der Waals surface area contributed by atoms with E-state index in [9.17, 15) is 0 Å². The maximum absolute atomic E-state index is 5.88. The lowest BCUT2D eigenvalue weighted by atomic mass is 10.1. The first-order valence-corrected chi connectivity index (χ1v) is 5.42. The normalized spacial score (nSPS) is 10.7. The van der Waals surface area contributed by atoms with Crippen LogP contribution in [0.3, 0.4) is 0 Å². The molecule has 0 aliphatic carbocycles. The van der Waals surface area contributed by atoms with E-state index >= 15 is 0 Å². The Morgan fingerprint density at radius 3 is 2.56 bits per heavy atom. The third kappa shape index (κ3) is 2.08. The molecule has 2 rings (SSSR count). The number of aromatic nitrogens is 2. The summed E-state index contributed by atoms with van der Waals surface area (Å²) >= 11 is 0. The van der Waals surface area contributed by atoms with Crippen LogP contribution in [0, 0.1) is 20.8 Å². The van der Waals surface area contributed by atoms with Crippen molar-refractivity contribution in [2.24, 2.45) is 0 Å². The average molecular weight is 215 g/mol. The van der Waals surface area contributed by atoms with Gasteiger partial charge in [0.25, 0.3) is 0 Å². The summed E-state index contributed by atoms with van der Waals surface area (Å²) in [5, 5.41) is 4.37. The summed E-state index contributed by atoms with van der Waals surface area (Å²) in [6.45, 7) is 6.91. The van der Waals surface area contributed by atoms with Gasteiger partial charge >= 0.3 is 0 Å². The van der Waals surface area contributed by atoms with Gasteiger partial charge in [0.15, 0.2) is 0 Å². The van der Waals surface area contributed by atoms with Crippen molar-refractivity contribution in [3.8, 4) is 0 Å². The van der Waals surface area contributed by atoms with E-state index < -0.39 is 0 Å². The molecule has 2 N–H and O–H groups in total. The molecule has 0 aliphatic heterocycles.